The van der Waals surface area contributed by atoms with E-state index < -0.39 is 17.3 Å². The predicted octanol–water partition coefficient (Wildman–Crippen LogP) is 5.14. The summed E-state index contributed by atoms with van der Waals surface area (Å²) in [5.74, 6) is 2.38. The molecule has 0 N–H and O–H groups in total. The summed E-state index contributed by atoms with van der Waals surface area (Å²) >= 11 is -2.24. The summed E-state index contributed by atoms with van der Waals surface area (Å²) in [5, 5.41) is 0. The molecule has 2 heteroatoms. The van der Waals surface area contributed by atoms with Gasteiger partial charge >= 0.3 is 98.8 Å². The monoisotopic (exact) mass is 326 g/mol. The van der Waals surface area contributed by atoms with Gasteiger partial charge in [0.25, 0.3) is 0 Å². The van der Waals surface area contributed by atoms with Crippen molar-refractivity contribution in [2.75, 3.05) is 0 Å². The SMILES string of the molecule is CC(C)[CH2][Sn]([Cl])([CH2]C(C)C)[CH2]C(C)C. The molecule has 0 amide bonds. The average Bonchev–Trinajstić information content (AvgIpc) is 1.76. The Balaban J connectivity index is 4.32. The zero-order valence-corrected chi connectivity index (χ0v) is 14.3. The van der Waals surface area contributed by atoms with Crippen LogP contribution >= 0.6 is 8.92 Å². The van der Waals surface area contributed by atoms with E-state index in [9.17, 15) is 0 Å². The van der Waals surface area contributed by atoms with Crippen LogP contribution in [0.3, 0.4) is 0 Å². The molecule has 0 heterocycles. The third-order valence-corrected chi connectivity index (χ3v) is 18.7. The van der Waals surface area contributed by atoms with Gasteiger partial charge in [0, 0.05) is 0 Å². The molecule has 0 aromatic heterocycles. The van der Waals surface area contributed by atoms with Gasteiger partial charge in [-0.05, 0) is 0 Å². The molecule has 0 spiro atoms. The maximum atomic E-state index is 6.93. The van der Waals surface area contributed by atoms with E-state index in [1.165, 1.54) is 13.3 Å². The molecule has 0 atom stereocenters. The topological polar surface area (TPSA) is 0 Å². The number of halogens is 1. The van der Waals surface area contributed by atoms with E-state index >= 15 is 0 Å². The minimum absolute atomic E-state index is 0.792. The molecule has 0 rings (SSSR count). The number of rotatable bonds is 6. The molecule has 0 unspecified atom stereocenters. The number of hydrogen-bond acceptors (Lipinski definition) is 0. The third kappa shape index (κ3) is 7.39. The fraction of sp³-hybridized carbons (Fsp3) is 1.00. The van der Waals surface area contributed by atoms with Crippen molar-refractivity contribution in [2.45, 2.75) is 54.9 Å². The van der Waals surface area contributed by atoms with Gasteiger partial charge in [-0.3, -0.25) is 0 Å². The van der Waals surface area contributed by atoms with Crippen LogP contribution in [0.25, 0.3) is 0 Å². The fourth-order valence-electron chi connectivity index (χ4n) is 2.44. The van der Waals surface area contributed by atoms with Crippen molar-refractivity contribution in [3.63, 3.8) is 0 Å². The van der Waals surface area contributed by atoms with Gasteiger partial charge in [0.15, 0.2) is 0 Å². The Hall–Kier alpha value is 1.09. The van der Waals surface area contributed by atoms with Crippen molar-refractivity contribution in [3.05, 3.63) is 0 Å². The van der Waals surface area contributed by atoms with Crippen LogP contribution in [0.15, 0.2) is 0 Å². The number of hydrogen-bond donors (Lipinski definition) is 0. The Morgan fingerprint density at radius 3 is 1.07 bits per heavy atom. The molecule has 86 valence electrons. The van der Waals surface area contributed by atoms with E-state index in [1.807, 2.05) is 0 Å². The van der Waals surface area contributed by atoms with Crippen LogP contribution in [0.2, 0.25) is 13.3 Å². The molecule has 0 aliphatic heterocycles. The van der Waals surface area contributed by atoms with Crippen molar-refractivity contribution in [1.82, 2.24) is 0 Å². The molecule has 0 radical (unpaired) electrons. The zero-order chi connectivity index (χ0) is 11.4. The van der Waals surface area contributed by atoms with Crippen LogP contribution in [0.1, 0.15) is 41.5 Å². The standard InChI is InChI=1S/3C4H9.ClH.Sn/c3*1-4(2)3;;/h3*4H,1H2,2-3H3;1H;/q;;;;+1/p-1. The second-order valence-corrected chi connectivity index (χ2v) is 21.4. The van der Waals surface area contributed by atoms with Gasteiger partial charge in [0.1, 0.15) is 0 Å². The summed E-state index contributed by atoms with van der Waals surface area (Å²) in [6.45, 7) is 13.9. The molecule has 0 aliphatic carbocycles. The van der Waals surface area contributed by atoms with Gasteiger partial charge in [0.2, 0.25) is 0 Å². The summed E-state index contributed by atoms with van der Waals surface area (Å²) in [7, 11) is 6.93. The van der Waals surface area contributed by atoms with Crippen LogP contribution in [0.5, 0.6) is 0 Å². The normalized spacial score (nSPS) is 13.3. The third-order valence-electron chi connectivity index (χ3n) is 2.32. The molecule has 0 aromatic rings. The van der Waals surface area contributed by atoms with Gasteiger partial charge in [-0.25, -0.2) is 0 Å². The van der Waals surface area contributed by atoms with Crippen molar-refractivity contribution in [3.8, 4) is 0 Å². The van der Waals surface area contributed by atoms with E-state index in [0.29, 0.717) is 0 Å². The van der Waals surface area contributed by atoms with E-state index in [1.54, 1.807) is 0 Å². The van der Waals surface area contributed by atoms with Gasteiger partial charge in [-0.15, -0.1) is 0 Å². The van der Waals surface area contributed by atoms with Crippen molar-refractivity contribution in [1.29, 1.82) is 0 Å². The molecule has 0 saturated heterocycles. The van der Waals surface area contributed by atoms with E-state index in [2.05, 4.69) is 41.5 Å². The second-order valence-electron chi connectivity index (χ2n) is 5.94. The molecule has 0 bridgehead atoms. The molecule has 0 fully saturated rings. The zero-order valence-electron chi connectivity index (χ0n) is 10.7. The van der Waals surface area contributed by atoms with Gasteiger partial charge in [-0.1, -0.05) is 0 Å². The van der Waals surface area contributed by atoms with Crippen LogP contribution in [0.4, 0.5) is 0 Å². The average molecular weight is 326 g/mol. The first-order valence-corrected chi connectivity index (χ1v) is 15.6. The Kier molecular flexibility index (Phi) is 7.14. The Labute approximate surface area is 98.4 Å². The summed E-state index contributed by atoms with van der Waals surface area (Å²) in [4.78, 5) is 0. The van der Waals surface area contributed by atoms with E-state index in [4.69, 9.17) is 8.92 Å². The second kappa shape index (κ2) is 6.62. The first-order valence-electron chi connectivity index (χ1n) is 5.94. The molecule has 0 saturated carbocycles. The Morgan fingerprint density at radius 1 is 0.714 bits per heavy atom. The fourth-order valence-corrected chi connectivity index (χ4v) is 22.6. The van der Waals surface area contributed by atoms with Crippen LogP contribution < -0.4 is 0 Å². The van der Waals surface area contributed by atoms with E-state index in [0.717, 1.165) is 17.8 Å². The van der Waals surface area contributed by atoms with Crippen molar-refractivity contribution < 1.29 is 0 Å². The summed E-state index contributed by atoms with van der Waals surface area (Å²) in [5.41, 5.74) is 0. The first kappa shape index (κ1) is 15.1. The molecule has 14 heavy (non-hydrogen) atoms. The molecule has 0 nitrogen and oxygen atoms in total. The van der Waals surface area contributed by atoms with Crippen LogP contribution in [0, 0.1) is 17.8 Å². The van der Waals surface area contributed by atoms with Crippen LogP contribution in [-0.4, -0.2) is 17.3 Å². The van der Waals surface area contributed by atoms with Gasteiger partial charge in [-0.2, -0.15) is 0 Å². The summed E-state index contributed by atoms with van der Waals surface area (Å²) in [6, 6.07) is 0. The van der Waals surface area contributed by atoms with Gasteiger partial charge < -0.3 is 0 Å². The van der Waals surface area contributed by atoms with E-state index in [-0.39, 0.29) is 0 Å². The Morgan fingerprint density at radius 2 is 0.929 bits per heavy atom. The quantitative estimate of drug-likeness (QED) is 0.593. The van der Waals surface area contributed by atoms with Gasteiger partial charge in [0.05, 0.1) is 0 Å². The minimum atomic E-state index is -2.24. The first-order chi connectivity index (χ1) is 6.25. The summed E-state index contributed by atoms with van der Waals surface area (Å²) in [6.07, 6.45) is 0. The Bertz CT molecular complexity index is 126. The van der Waals surface area contributed by atoms with Crippen LogP contribution in [-0.2, 0) is 0 Å². The predicted molar refractivity (Wildman–Crippen MR) is 70.5 cm³/mol. The van der Waals surface area contributed by atoms with Crippen molar-refractivity contribution >= 4 is 26.2 Å². The van der Waals surface area contributed by atoms with Crippen molar-refractivity contribution in [2.24, 2.45) is 17.8 Å². The maximum absolute atomic E-state index is 6.93. The molecular weight excluding hydrogens is 298 g/mol. The molecule has 0 aromatic carbocycles. The molecular formula is C12H27ClSn. The summed E-state index contributed by atoms with van der Waals surface area (Å²) < 4.78 is 4.06. The molecule has 0 aliphatic rings.